The standard InChI is InChI=1S/C27H43F3OSi/c1-2-3-6-19-32-20-17-25(18-21-32)24-13-9-22(10-14-24)7-4-5-8-23-11-15-26(16-12-23)31-27(28,29)30/h11-12,15-16,22,24-25,32H,2-10,13-14,17-21H2,1H3/t22-,24-,25?,32?. The predicted molar refractivity (Wildman–Crippen MR) is 130 cm³/mol. The molecule has 1 aromatic carbocycles. The molecule has 0 spiro atoms. The molecule has 0 N–H and O–H groups in total. The first-order valence-electron chi connectivity index (χ1n) is 13.3. The summed E-state index contributed by atoms with van der Waals surface area (Å²) in [6.07, 6.45) is 13.1. The maximum atomic E-state index is 12.2. The monoisotopic (exact) mass is 468 g/mol. The second-order valence-corrected chi connectivity index (χ2v) is 14.0. The highest BCUT2D eigenvalue weighted by molar-refractivity contribution is 6.58. The van der Waals surface area contributed by atoms with Crippen LogP contribution in [0, 0.1) is 17.8 Å². The van der Waals surface area contributed by atoms with Gasteiger partial charge >= 0.3 is 6.36 Å². The molecule has 32 heavy (non-hydrogen) atoms. The van der Waals surface area contributed by atoms with Gasteiger partial charge in [0.2, 0.25) is 0 Å². The number of hydrogen-bond donors (Lipinski definition) is 0. The fraction of sp³-hybridized carbons (Fsp3) is 0.778. The van der Waals surface area contributed by atoms with Gasteiger partial charge in [-0.3, -0.25) is 0 Å². The van der Waals surface area contributed by atoms with Gasteiger partial charge in [0.15, 0.2) is 0 Å². The molecule has 5 heteroatoms. The van der Waals surface area contributed by atoms with Crippen molar-refractivity contribution in [2.24, 2.45) is 17.8 Å². The van der Waals surface area contributed by atoms with Crippen molar-refractivity contribution in [3.05, 3.63) is 29.8 Å². The first-order valence-corrected chi connectivity index (χ1v) is 15.7. The van der Waals surface area contributed by atoms with Gasteiger partial charge < -0.3 is 4.74 Å². The molecule has 0 bridgehead atoms. The highest BCUT2D eigenvalue weighted by Crippen LogP contribution is 2.42. The zero-order chi connectivity index (χ0) is 22.8. The number of benzene rings is 1. The van der Waals surface area contributed by atoms with Crippen LogP contribution in [-0.4, -0.2) is 15.2 Å². The number of rotatable bonds is 11. The summed E-state index contributed by atoms with van der Waals surface area (Å²) in [6, 6.07) is 11.2. The largest absolute Gasteiger partial charge is 0.573 e. The zero-order valence-corrected chi connectivity index (χ0v) is 21.1. The van der Waals surface area contributed by atoms with Crippen molar-refractivity contribution in [2.45, 2.75) is 115 Å². The van der Waals surface area contributed by atoms with E-state index in [1.54, 1.807) is 43.1 Å². The van der Waals surface area contributed by atoms with Crippen molar-refractivity contribution in [1.82, 2.24) is 0 Å². The number of ether oxygens (including phenoxy) is 1. The maximum Gasteiger partial charge on any atom is 0.573 e. The third-order valence-corrected chi connectivity index (χ3v) is 11.7. The fourth-order valence-electron chi connectivity index (χ4n) is 6.20. The Morgan fingerprint density at radius 1 is 0.844 bits per heavy atom. The molecule has 182 valence electrons. The number of alkyl halides is 3. The maximum absolute atomic E-state index is 12.2. The highest BCUT2D eigenvalue weighted by Gasteiger charge is 2.31. The third kappa shape index (κ3) is 9.11. The Bertz CT molecular complexity index is 629. The molecule has 1 aliphatic carbocycles. The second-order valence-electron chi connectivity index (χ2n) is 10.5. The summed E-state index contributed by atoms with van der Waals surface area (Å²) in [5, 5.41) is 0. The predicted octanol–water partition coefficient (Wildman–Crippen LogP) is 8.93. The van der Waals surface area contributed by atoms with E-state index in [2.05, 4.69) is 11.7 Å². The fourth-order valence-corrected chi connectivity index (χ4v) is 9.73. The van der Waals surface area contributed by atoms with Gasteiger partial charge in [0.25, 0.3) is 0 Å². The van der Waals surface area contributed by atoms with Crippen LogP contribution in [-0.2, 0) is 6.42 Å². The summed E-state index contributed by atoms with van der Waals surface area (Å²) in [6.45, 7) is 2.31. The molecular weight excluding hydrogens is 425 g/mol. The van der Waals surface area contributed by atoms with Crippen molar-refractivity contribution >= 4 is 8.80 Å². The first-order chi connectivity index (χ1) is 15.4. The van der Waals surface area contributed by atoms with E-state index in [1.807, 2.05) is 0 Å². The van der Waals surface area contributed by atoms with Crippen LogP contribution < -0.4 is 4.74 Å². The molecule has 0 atom stereocenters. The zero-order valence-electron chi connectivity index (χ0n) is 20.0. The van der Waals surface area contributed by atoms with Crippen molar-refractivity contribution in [1.29, 1.82) is 0 Å². The van der Waals surface area contributed by atoms with Crippen LogP contribution in [0.5, 0.6) is 5.75 Å². The highest BCUT2D eigenvalue weighted by atomic mass is 28.3. The van der Waals surface area contributed by atoms with Gasteiger partial charge in [0.05, 0.1) is 0 Å². The summed E-state index contributed by atoms with van der Waals surface area (Å²) in [5.74, 6) is 2.81. The average molecular weight is 469 g/mol. The molecule has 1 aromatic rings. The van der Waals surface area contributed by atoms with Crippen LogP contribution in [0.4, 0.5) is 13.2 Å². The van der Waals surface area contributed by atoms with Crippen molar-refractivity contribution in [3.63, 3.8) is 0 Å². The molecule has 3 rings (SSSR count). The van der Waals surface area contributed by atoms with E-state index in [9.17, 15) is 13.2 Å². The number of aryl methyl sites for hydroxylation is 1. The smallest absolute Gasteiger partial charge is 0.406 e. The third-order valence-electron chi connectivity index (χ3n) is 8.15. The van der Waals surface area contributed by atoms with E-state index in [0.717, 1.165) is 36.2 Å². The van der Waals surface area contributed by atoms with Gasteiger partial charge in [-0.1, -0.05) is 95.0 Å². The molecule has 0 amide bonds. The molecule has 1 aliphatic heterocycles. The van der Waals surface area contributed by atoms with E-state index in [0.29, 0.717) is 0 Å². The van der Waals surface area contributed by atoms with Gasteiger partial charge in [0.1, 0.15) is 5.75 Å². The Morgan fingerprint density at radius 3 is 2.12 bits per heavy atom. The summed E-state index contributed by atoms with van der Waals surface area (Å²) >= 11 is 0. The SMILES string of the molecule is CCCCC[SiH]1CCC([C@H]2CC[C@H](CCCCc3ccc(OC(F)(F)F)cc3)CC2)CC1. The molecule has 1 saturated carbocycles. The molecular formula is C27H43F3OSi. The molecule has 2 aliphatic rings. The van der Waals surface area contributed by atoms with E-state index in [4.69, 9.17) is 0 Å². The summed E-state index contributed by atoms with van der Waals surface area (Å²) in [7, 11) is -0.378. The lowest BCUT2D eigenvalue weighted by Crippen LogP contribution is -2.28. The Kier molecular flexibility index (Phi) is 10.5. The molecule has 0 aromatic heterocycles. The molecule has 2 fully saturated rings. The van der Waals surface area contributed by atoms with Gasteiger partial charge in [-0.05, 0) is 61.1 Å². The molecule has 1 saturated heterocycles. The normalized spacial score (nSPS) is 26.8. The minimum Gasteiger partial charge on any atom is -0.406 e. The van der Waals surface area contributed by atoms with Crippen LogP contribution in [0.25, 0.3) is 0 Å². The first kappa shape index (κ1) is 25.6. The average Bonchev–Trinajstić information content (AvgIpc) is 2.78. The van der Waals surface area contributed by atoms with E-state index in [-0.39, 0.29) is 14.5 Å². The molecule has 1 nitrogen and oxygen atoms in total. The lowest BCUT2D eigenvalue weighted by atomic mass is 9.73. The number of hydrogen-bond acceptors (Lipinski definition) is 1. The topological polar surface area (TPSA) is 9.23 Å². The van der Waals surface area contributed by atoms with Crippen molar-refractivity contribution in [3.8, 4) is 5.75 Å². The van der Waals surface area contributed by atoms with Crippen molar-refractivity contribution in [2.75, 3.05) is 0 Å². The lowest BCUT2D eigenvalue weighted by Gasteiger charge is -2.37. The van der Waals surface area contributed by atoms with Gasteiger partial charge in [-0.25, -0.2) is 0 Å². The van der Waals surface area contributed by atoms with Crippen LogP contribution in [0.15, 0.2) is 24.3 Å². The summed E-state index contributed by atoms with van der Waals surface area (Å²) in [4.78, 5) is 0. The Hall–Kier alpha value is -0.973. The minimum absolute atomic E-state index is 0.134. The van der Waals surface area contributed by atoms with E-state index in [1.165, 1.54) is 69.9 Å². The quantitative estimate of drug-likeness (QED) is 0.233. The number of unbranched alkanes of at least 4 members (excludes halogenated alkanes) is 3. The Morgan fingerprint density at radius 2 is 1.50 bits per heavy atom. The molecule has 1 heterocycles. The van der Waals surface area contributed by atoms with Crippen molar-refractivity contribution < 1.29 is 17.9 Å². The van der Waals surface area contributed by atoms with Gasteiger partial charge in [-0.15, -0.1) is 13.2 Å². The van der Waals surface area contributed by atoms with E-state index >= 15 is 0 Å². The van der Waals surface area contributed by atoms with Crippen LogP contribution in [0.3, 0.4) is 0 Å². The Balaban J connectivity index is 1.25. The van der Waals surface area contributed by atoms with Gasteiger partial charge in [0, 0.05) is 8.80 Å². The molecule has 0 radical (unpaired) electrons. The molecule has 0 unspecified atom stereocenters. The van der Waals surface area contributed by atoms with Crippen LogP contribution in [0.1, 0.15) is 89.5 Å². The second kappa shape index (κ2) is 13.1. The minimum atomic E-state index is -4.62. The summed E-state index contributed by atoms with van der Waals surface area (Å²) < 4.78 is 40.7. The lowest BCUT2D eigenvalue weighted by molar-refractivity contribution is -0.274. The summed E-state index contributed by atoms with van der Waals surface area (Å²) in [5.41, 5.74) is 1.09. The van der Waals surface area contributed by atoms with Crippen LogP contribution >= 0.6 is 0 Å². The number of halogens is 3. The van der Waals surface area contributed by atoms with Gasteiger partial charge in [-0.2, -0.15) is 0 Å². The van der Waals surface area contributed by atoms with E-state index < -0.39 is 6.36 Å². The Labute approximate surface area is 195 Å². The van der Waals surface area contributed by atoms with Crippen LogP contribution in [0.2, 0.25) is 18.1 Å².